The number of anilines is 2. The molecule has 12 heteroatoms. The summed E-state index contributed by atoms with van der Waals surface area (Å²) in [6.07, 6.45) is 1.84. The summed E-state index contributed by atoms with van der Waals surface area (Å²) in [4.78, 5) is 49.7. The summed E-state index contributed by atoms with van der Waals surface area (Å²) in [5, 5.41) is 20.6. The van der Waals surface area contributed by atoms with Crippen molar-refractivity contribution in [3.63, 3.8) is 0 Å². The fourth-order valence-corrected chi connectivity index (χ4v) is 3.28. The number of piperazine rings is 1. The highest BCUT2D eigenvalue weighted by molar-refractivity contribution is 6.00. The Morgan fingerprint density at radius 2 is 2.21 bits per heavy atom. The molecule has 0 atom stereocenters. The Kier molecular flexibility index (Phi) is 8.07. The third kappa shape index (κ3) is 5.83. The predicted molar refractivity (Wildman–Crippen MR) is 121 cm³/mol. The van der Waals surface area contributed by atoms with Crippen molar-refractivity contribution < 1.29 is 24.2 Å². The number of carbonyl (C=O) groups excluding carboxylic acids is 3. The Hall–Kier alpha value is -4.08. The van der Waals surface area contributed by atoms with Crippen molar-refractivity contribution in [1.29, 1.82) is 5.26 Å². The number of pyridine rings is 2. The third-order valence-electron chi connectivity index (χ3n) is 5.20. The minimum Gasteiger partial charge on any atom is -0.490 e. The Morgan fingerprint density at radius 3 is 2.88 bits per heavy atom. The molecule has 2 aromatic rings. The molecule has 0 unspecified atom stereocenters. The molecule has 12 nitrogen and oxygen atoms in total. The number of ether oxygens (including phenoxy) is 1. The first-order chi connectivity index (χ1) is 16.4. The smallest absolute Gasteiger partial charge is 0.328 e. The summed E-state index contributed by atoms with van der Waals surface area (Å²) < 4.78 is 5.30. The van der Waals surface area contributed by atoms with Gasteiger partial charge in [-0.25, -0.2) is 14.8 Å². The molecule has 2 aromatic heterocycles. The van der Waals surface area contributed by atoms with Crippen LogP contribution >= 0.6 is 0 Å². The number of rotatable bonds is 8. The number of nitrogens with zero attached hydrogens (tertiary/aromatic N) is 6. The molecule has 0 aromatic carbocycles. The lowest BCUT2D eigenvalue weighted by Gasteiger charge is -2.32. The average Bonchev–Trinajstić information content (AvgIpc) is 2.84. The van der Waals surface area contributed by atoms with E-state index in [1.54, 1.807) is 17.0 Å². The van der Waals surface area contributed by atoms with Crippen LogP contribution in [-0.2, 0) is 11.3 Å². The van der Waals surface area contributed by atoms with Crippen molar-refractivity contribution in [3.05, 3.63) is 41.2 Å². The molecular weight excluding hydrogens is 442 g/mol. The zero-order chi connectivity index (χ0) is 24.7. The quantitative estimate of drug-likeness (QED) is 0.528. The Balaban J connectivity index is 1.72. The number of nitriles is 1. The second-order valence-electron chi connectivity index (χ2n) is 7.62. The van der Waals surface area contributed by atoms with Crippen molar-refractivity contribution in [2.24, 2.45) is 0 Å². The van der Waals surface area contributed by atoms with Gasteiger partial charge in [-0.15, -0.1) is 0 Å². The summed E-state index contributed by atoms with van der Waals surface area (Å²) in [5.41, 5.74) is 0.886. The standard InChI is InChI=1S/C22H25N7O5/c1-27-5-6-29(21(32)13-27)12-15-3-4-20(25-17(15)14-31)28(2)22(33)26-19-9-18(34-8-7-30)16(10-23)11-24-19/h3-4,9,11,14,30H,5-8,12-13H2,1-2H3,(H,24,26,33). The van der Waals surface area contributed by atoms with Gasteiger partial charge in [-0.3, -0.25) is 24.7 Å². The number of likely N-dealkylation sites (N-methyl/N-ethyl adjacent to an activating group) is 1. The highest BCUT2D eigenvalue weighted by Crippen LogP contribution is 2.22. The maximum atomic E-state index is 12.7. The fourth-order valence-electron chi connectivity index (χ4n) is 3.28. The molecule has 0 radical (unpaired) electrons. The molecule has 0 saturated carbocycles. The zero-order valence-electron chi connectivity index (χ0n) is 18.9. The maximum absolute atomic E-state index is 12.7. The van der Waals surface area contributed by atoms with E-state index in [0.717, 1.165) is 6.54 Å². The lowest BCUT2D eigenvalue weighted by molar-refractivity contribution is -0.136. The molecular formula is C22H25N7O5. The van der Waals surface area contributed by atoms with Gasteiger partial charge in [0, 0.05) is 38.3 Å². The van der Waals surface area contributed by atoms with E-state index in [4.69, 9.17) is 15.1 Å². The first kappa shape index (κ1) is 24.6. The maximum Gasteiger partial charge on any atom is 0.328 e. The summed E-state index contributed by atoms with van der Waals surface area (Å²) in [6, 6.07) is 5.97. The minimum atomic E-state index is -0.586. The molecule has 3 amide bonds. The molecule has 1 saturated heterocycles. The molecule has 2 N–H and O–H groups in total. The van der Waals surface area contributed by atoms with Crippen molar-refractivity contribution >= 4 is 29.9 Å². The van der Waals surface area contributed by atoms with Crippen LogP contribution in [0, 0.1) is 11.3 Å². The van der Waals surface area contributed by atoms with Gasteiger partial charge in [0.2, 0.25) is 5.91 Å². The topological polar surface area (TPSA) is 152 Å². The van der Waals surface area contributed by atoms with E-state index in [0.29, 0.717) is 24.9 Å². The normalized spacial score (nSPS) is 13.8. The van der Waals surface area contributed by atoms with E-state index in [9.17, 15) is 14.4 Å². The van der Waals surface area contributed by atoms with E-state index < -0.39 is 6.03 Å². The summed E-state index contributed by atoms with van der Waals surface area (Å²) in [6.45, 7) is 1.63. The van der Waals surface area contributed by atoms with E-state index in [-0.39, 0.29) is 54.3 Å². The molecule has 34 heavy (non-hydrogen) atoms. The molecule has 3 heterocycles. The van der Waals surface area contributed by atoms with E-state index in [1.807, 2.05) is 18.0 Å². The van der Waals surface area contributed by atoms with Crippen LogP contribution in [0.1, 0.15) is 21.6 Å². The van der Waals surface area contributed by atoms with Gasteiger partial charge in [-0.1, -0.05) is 6.07 Å². The summed E-state index contributed by atoms with van der Waals surface area (Å²) >= 11 is 0. The molecule has 1 aliphatic heterocycles. The number of aldehydes is 1. The van der Waals surface area contributed by atoms with Crippen LogP contribution in [0.25, 0.3) is 0 Å². The van der Waals surface area contributed by atoms with Gasteiger partial charge in [-0.2, -0.15) is 5.26 Å². The Bertz CT molecular complexity index is 1120. The van der Waals surface area contributed by atoms with Gasteiger partial charge in [0.05, 0.1) is 19.3 Å². The molecule has 1 aliphatic rings. The fraction of sp³-hybridized carbons (Fsp3) is 0.364. The number of urea groups is 1. The van der Waals surface area contributed by atoms with Crippen LogP contribution in [0.3, 0.4) is 0 Å². The van der Waals surface area contributed by atoms with Gasteiger partial charge in [-0.05, 0) is 13.1 Å². The van der Waals surface area contributed by atoms with Crippen molar-refractivity contribution in [2.45, 2.75) is 6.54 Å². The van der Waals surface area contributed by atoms with Crippen LogP contribution < -0.4 is 15.0 Å². The second-order valence-corrected chi connectivity index (χ2v) is 7.62. The minimum absolute atomic E-state index is 0.0174. The number of amides is 3. The first-order valence-electron chi connectivity index (χ1n) is 10.5. The molecule has 178 valence electrons. The monoisotopic (exact) mass is 467 g/mol. The lowest BCUT2D eigenvalue weighted by Crippen LogP contribution is -2.48. The van der Waals surface area contributed by atoms with Gasteiger partial charge in [0.1, 0.15) is 41.3 Å². The highest BCUT2D eigenvalue weighted by atomic mass is 16.5. The Labute approximate surface area is 196 Å². The zero-order valence-corrected chi connectivity index (χ0v) is 18.9. The van der Waals surface area contributed by atoms with E-state index in [1.165, 1.54) is 24.2 Å². The van der Waals surface area contributed by atoms with Gasteiger partial charge < -0.3 is 14.7 Å². The second kappa shape index (κ2) is 11.2. The Morgan fingerprint density at radius 1 is 1.41 bits per heavy atom. The van der Waals surface area contributed by atoms with Crippen LogP contribution in [0.4, 0.5) is 16.4 Å². The van der Waals surface area contributed by atoms with Crippen LogP contribution in [0.2, 0.25) is 0 Å². The number of hydrogen-bond donors (Lipinski definition) is 2. The largest absolute Gasteiger partial charge is 0.490 e. The number of hydrogen-bond acceptors (Lipinski definition) is 9. The lowest BCUT2D eigenvalue weighted by atomic mass is 10.1. The summed E-state index contributed by atoms with van der Waals surface area (Å²) in [5.74, 6) is 0.500. The molecule has 0 spiro atoms. The van der Waals surface area contributed by atoms with E-state index in [2.05, 4.69) is 15.3 Å². The molecule has 0 bridgehead atoms. The summed E-state index contributed by atoms with van der Waals surface area (Å²) in [7, 11) is 3.35. The SMILES string of the molecule is CN1CCN(Cc2ccc(N(C)C(=O)Nc3cc(OCCO)c(C#N)cn3)nc2C=O)C(=O)C1. The van der Waals surface area contributed by atoms with Crippen LogP contribution in [0.5, 0.6) is 5.75 Å². The van der Waals surface area contributed by atoms with Gasteiger partial charge in [0.25, 0.3) is 0 Å². The molecule has 1 fully saturated rings. The third-order valence-corrected chi connectivity index (χ3v) is 5.20. The van der Waals surface area contributed by atoms with Crippen molar-refractivity contribution in [2.75, 3.05) is 57.2 Å². The molecule has 0 aliphatic carbocycles. The van der Waals surface area contributed by atoms with E-state index >= 15 is 0 Å². The highest BCUT2D eigenvalue weighted by Gasteiger charge is 2.23. The van der Waals surface area contributed by atoms with Gasteiger partial charge in [0.15, 0.2) is 6.29 Å². The number of aliphatic hydroxyl groups excluding tert-OH is 1. The first-order valence-corrected chi connectivity index (χ1v) is 10.5. The number of carbonyl (C=O) groups is 3. The van der Waals surface area contributed by atoms with Crippen molar-refractivity contribution in [3.8, 4) is 11.8 Å². The van der Waals surface area contributed by atoms with Crippen LogP contribution in [0.15, 0.2) is 24.4 Å². The number of aromatic nitrogens is 2. The molecule has 3 rings (SSSR count). The van der Waals surface area contributed by atoms with Crippen LogP contribution in [-0.4, -0.2) is 90.0 Å². The number of nitrogens with one attached hydrogen (secondary N) is 1. The van der Waals surface area contributed by atoms with Crippen molar-refractivity contribution in [1.82, 2.24) is 19.8 Å². The average molecular weight is 467 g/mol. The van der Waals surface area contributed by atoms with Gasteiger partial charge >= 0.3 is 6.03 Å². The predicted octanol–water partition coefficient (Wildman–Crippen LogP) is 0.474. The number of aliphatic hydroxyl groups is 1.